The van der Waals surface area contributed by atoms with Crippen LogP contribution < -0.4 is 5.73 Å². The Kier molecular flexibility index (Phi) is 3.42. The highest BCUT2D eigenvalue weighted by molar-refractivity contribution is 6.28. The average molecular weight is 320 g/mol. The first kappa shape index (κ1) is 14.6. The minimum atomic E-state index is -0.930. The number of nitrogen functional groups attached to an aromatic ring is 1. The molecule has 0 radical (unpaired) electrons. The van der Waals surface area contributed by atoms with Crippen molar-refractivity contribution in [3.05, 3.63) is 23.9 Å². The van der Waals surface area contributed by atoms with Gasteiger partial charge in [0.25, 0.3) is 0 Å². The SMILES string of the molecule is CC(C)(O)Cn1ncc2c(-c3cnc(N)nc3)nc(Cl)nc21. The molecule has 114 valence electrons. The van der Waals surface area contributed by atoms with Crippen molar-refractivity contribution < 1.29 is 5.11 Å². The lowest BCUT2D eigenvalue weighted by atomic mass is 10.1. The number of nitrogens with zero attached hydrogens (tertiary/aromatic N) is 6. The summed E-state index contributed by atoms with van der Waals surface area (Å²) in [6.45, 7) is 3.66. The minimum absolute atomic E-state index is 0.0804. The summed E-state index contributed by atoms with van der Waals surface area (Å²) in [6.07, 6.45) is 4.75. The second kappa shape index (κ2) is 5.15. The number of halogens is 1. The van der Waals surface area contributed by atoms with Gasteiger partial charge in [-0.15, -0.1) is 0 Å². The Balaban J connectivity index is 2.18. The molecular weight excluding hydrogens is 306 g/mol. The Hall–Kier alpha value is -2.32. The predicted molar refractivity (Wildman–Crippen MR) is 82.1 cm³/mol. The monoisotopic (exact) mass is 319 g/mol. The number of nitrogens with two attached hydrogens (primary N) is 1. The number of hydrogen-bond donors (Lipinski definition) is 2. The van der Waals surface area contributed by atoms with Crippen molar-refractivity contribution in [2.24, 2.45) is 0 Å². The van der Waals surface area contributed by atoms with Crippen LogP contribution in [0.1, 0.15) is 13.8 Å². The lowest BCUT2D eigenvalue weighted by Crippen LogP contribution is -2.26. The smallest absolute Gasteiger partial charge is 0.225 e. The third kappa shape index (κ3) is 2.83. The summed E-state index contributed by atoms with van der Waals surface area (Å²) in [6, 6.07) is 0. The van der Waals surface area contributed by atoms with Crippen LogP contribution in [-0.4, -0.2) is 40.4 Å². The van der Waals surface area contributed by atoms with Crippen LogP contribution in [0.25, 0.3) is 22.3 Å². The van der Waals surface area contributed by atoms with Crippen LogP contribution in [0.3, 0.4) is 0 Å². The highest BCUT2D eigenvalue weighted by atomic mass is 35.5. The van der Waals surface area contributed by atoms with Gasteiger partial charge >= 0.3 is 0 Å². The molecule has 0 fully saturated rings. The van der Waals surface area contributed by atoms with E-state index in [0.717, 1.165) is 0 Å². The zero-order valence-corrected chi connectivity index (χ0v) is 12.8. The maximum atomic E-state index is 9.96. The normalized spacial score (nSPS) is 12.0. The fourth-order valence-corrected chi connectivity index (χ4v) is 2.26. The molecule has 3 heterocycles. The second-order valence-corrected chi connectivity index (χ2v) is 5.86. The van der Waals surface area contributed by atoms with Crippen molar-refractivity contribution in [1.29, 1.82) is 0 Å². The number of fused-ring (bicyclic) bond motifs is 1. The highest BCUT2D eigenvalue weighted by Gasteiger charge is 2.19. The van der Waals surface area contributed by atoms with E-state index in [0.29, 0.717) is 22.3 Å². The van der Waals surface area contributed by atoms with Crippen molar-refractivity contribution in [3.8, 4) is 11.3 Å². The molecular formula is C13H14ClN7O. The lowest BCUT2D eigenvalue weighted by Gasteiger charge is -2.17. The molecule has 0 atom stereocenters. The number of anilines is 1. The minimum Gasteiger partial charge on any atom is -0.389 e. The second-order valence-electron chi connectivity index (χ2n) is 5.52. The van der Waals surface area contributed by atoms with Gasteiger partial charge in [-0.2, -0.15) is 10.1 Å². The van der Waals surface area contributed by atoms with Crippen molar-refractivity contribution >= 4 is 28.6 Å². The van der Waals surface area contributed by atoms with Crippen LogP contribution >= 0.6 is 11.6 Å². The molecule has 0 aromatic carbocycles. The summed E-state index contributed by atoms with van der Waals surface area (Å²) in [7, 11) is 0. The van der Waals surface area contributed by atoms with Crippen molar-refractivity contribution in [3.63, 3.8) is 0 Å². The Morgan fingerprint density at radius 2 is 1.91 bits per heavy atom. The first-order chi connectivity index (χ1) is 10.3. The van der Waals surface area contributed by atoms with Crippen LogP contribution in [0, 0.1) is 0 Å². The van der Waals surface area contributed by atoms with E-state index >= 15 is 0 Å². The summed E-state index contributed by atoms with van der Waals surface area (Å²) in [5, 5.41) is 15.0. The molecule has 0 amide bonds. The molecule has 0 aliphatic rings. The number of aliphatic hydroxyl groups is 1. The van der Waals surface area contributed by atoms with Gasteiger partial charge in [-0.05, 0) is 25.4 Å². The Morgan fingerprint density at radius 3 is 2.55 bits per heavy atom. The van der Waals surface area contributed by atoms with Gasteiger partial charge in [0.1, 0.15) is 0 Å². The maximum Gasteiger partial charge on any atom is 0.225 e. The molecule has 3 rings (SSSR count). The van der Waals surface area contributed by atoms with Crippen LogP contribution in [0.15, 0.2) is 18.6 Å². The fraction of sp³-hybridized carbons (Fsp3) is 0.308. The quantitative estimate of drug-likeness (QED) is 0.699. The van der Waals surface area contributed by atoms with Gasteiger partial charge in [0.05, 0.1) is 29.4 Å². The van der Waals surface area contributed by atoms with Gasteiger partial charge in [-0.3, -0.25) is 0 Å². The van der Waals surface area contributed by atoms with Crippen LogP contribution in [0.4, 0.5) is 5.95 Å². The Labute approximate surface area is 131 Å². The fourth-order valence-electron chi connectivity index (χ4n) is 2.09. The molecule has 0 aliphatic carbocycles. The van der Waals surface area contributed by atoms with E-state index in [1.165, 1.54) is 0 Å². The molecule has 3 aromatic heterocycles. The summed E-state index contributed by atoms with van der Waals surface area (Å²) < 4.78 is 1.59. The molecule has 0 unspecified atom stereocenters. The molecule has 22 heavy (non-hydrogen) atoms. The predicted octanol–water partition coefficient (Wildman–Crippen LogP) is 1.29. The first-order valence-electron chi connectivity index (χ1n) is 6.53. The number of rotatable bonds is 3. The van der Waals surface area contributed by atoms with E-state index in [4.69, 9.17) is 17.3 Å². The summed E-state index contributed by atoms with van der Waals surface area (Å²) in [4.78, 5) is 16.3. The number of aromatic nitrogens is 6. The maximum absolute atomic E-state index is 9.96. The van der Waals surface area contributed by atoms with E-state index in [1.807, 2.05) is 0 Å². The van der Waals surface area contributed by atoms with Crippen LogP contribution in [0.2, 0.25) is 5.28 Å². The van der Waals surface area contributed by atoms with Gasteiger partial charge in [0.15, 0.2) is 5.65 Å². The third-order valence-electron chi connectivity index (χ3n) is 2.95. The summed E-state index contributed by atoms with van der Waals surface area (Å²) in [5.41, 5.74) is 6.33. The van der Waals surface area contributed by atoms with E-state index in [-0.39, 0.29) is 17.8 Å². The molecule has 3 aromatic rings. The third-order valence-corrected chi connectivity index (χ3v) is 3.12. The average Bonchev–Trinajstić information content (AvgIpc) is 2.80. The van der Waals surface area contributed by atoms with Crippen molar-refractivity contribution in [2.45, 2.75) is 26.0 Å². The Morgan fingerprint density at radius 1 is 1.23 bits per heavy atom. The molecule has 8 nitrogen and oxygen atoms in total. The largest absolute Gasteiger partial charge is 0.389 e. The molecule has 0 bridgehead atoms. The topological polar surface area (TPSA) is 116 Å². The summed E-state index contributed by atoms with van der Waals surface area (Å²) >= 11 is 6.01. The van der Waals surface area contributed by atoms with Crippen molar-refractivity contribution in [2.75, 3.05) is 5.73 Å². The van der Waals surface area contributed by atoms with E-state index in [2.05, 4.69) is 25.0 Å². The lowest BCUT2D eigenvalue weighted by molar-refractivity contribution is 0.0589. The van der Waals surface area contributed by atoms with E-state index in [1.54, 1.807) is 37.1 Å². The molecule has 0 saturated carbocycles. The molecule has 3 N–H and O–H groups in total. The van der Waals surface area contributed by atoms with Gasteiger partial charge in [0.2, 0.25) is 11.2 Å². The van der Waals surface area contributed by atoms with Gasteiger partial charge in [0, 0.05) is 18.0 Å². The summed E-state index contributed by atoms with van der Waals surface area (Å²) in [5.74, 6) is 0.179. The van der Waals surface area contributed by atoms with Gasteiger partial charge in [-0.1, -0.05) is 0 Å². The van der Waals surface area contributed by atoms with Gasteiger partial charge < -0.3 is 10.8 Å². The molecule has 0 spiro atoms. The first-order valence-corrected chi connectivity index (χ1v) is 6.90. The van der Waals surface area contributed by atoms with Crippen molar-refractivity contribution in [1.82, 2.24) is 29.7 Å². The van der Waals surface area contributed by atoms with Gasteiger partial charge in [-0.25, -0.2) is 19.6 Å². The van der Waals surface area contributed by atoms with E-state index in [9.17, 15) is 5.11 Å². The molecule has 9 heteroatoms. The molecule has 0 saturated heterocycles. The zero-order chi connectivity index (χ0) is 15.9. The van der Waals surface area contributed by atoms with Crippen LogP contribution in [-0.2, 0) is 6.54 Å². The number of hydrogen-bond acceptors (Lipinski definition) is 7. The van der Waals surface area contributed by atoms with E-state index < -0.39 is 5.60 Å². The van der Waals surface area contributed by atoms with Crippen LogP contribution in [0.5, 0.6) is 0 Å². The molecule has 0 aliphatic heterocycles. The highest BCUT2D eigenvalue weighted by Crippen LogP contribution is 2.27. The standard InChI is InChI=1S/C13H14ClN7O/c1-13(2,22)6-21-10-8(5-18-21)9(19-11(14)20-10)7-3-16-12(15)17-4-7/h3-5,22H,6H2,1-2H3,(H2,15,16,17). The Bertz CT molecular complexity index is 823. The zero-order valence-electron chi connectivity index (χ0n) is 12.0.